The Balaban J connectivity index is 1.91. The van der Waals surface area contributed by atoms with E-state index in [1.54, 1.807) is 0 Å². The van der Waals surface area contributed by atoms with Crippen molar-refractivity contribution in [1.82, 2.24) is 9.88 Å². The van der Waals surface area contributed by atoms with Gasteiger partial charge in [0.2, 0.25) is 0 Å². The number of pyridine rings is 1. The molecule has 0 saturated carbocycles. The van der Waals surface area contributed by atoms with Crippen molar-refractivity contribution in [3.8, 4) is 22.6 Å². The predicted octanol–water partition coefficient (Wildman–Crippen LogP) is 3.99. The maximum atomic E-state index is 12.8. The van der Waals surface area contributed by atoms with Crippen LogP contribution >= 0.6 is 0 Å². The SMILES string of the molecule is Cn1ccc(O)c(NC(=O)NC(CC(=O)O)c2cccc(-c3ccccc3OC(F)(F)F)c2)c1=O. The van der Waals surface area contributed by atoms with E-state index in [0.29, 0.717) is 0 Å². The fraction of sp³-hybridized carbons (Fsp3) is 0.174. The molecule has 2 aromatic carbocycles. The lowest BCUT2D eigenvalue weighted by Crippen LogP contribution is -2.36. The molecule has 0 radical (unpaired) electrons. The first kappa shape index (κ1) is 25.1. The van der Waals surface area contributed by atoms with Crippen molar-refractivity contribution in [3.05, 3.63) is 76.7 Å². The van der Waals surface area contributed by atoms with Crippen LogP contribution in [-0.4, -0.2) is 33.1 Å². The predicted molar refractivity (Wildman–Crippen MR) is 119 cm³/mol. The Morgan fingerprint density at radius 3 is 2.51 bits per heavy atom. The van der Waals surface area contributed by atoms with Crippen molar-refractivity contribution in [3.63, 3.8) is 0 Å². The fourth-order valence-corrected chi connectivity index (χ4v) is 3.31. The maximum absolute atomic E-state index is 12.8. The number of carboxylic acids is 1. The van der Waals surface area contributed by atoms with Gasteiger partial charge in [-0.1, -0.05) is 36.4 Å². The van der Waals surface area contributed by atoms with Gasteiger partial charge in [-0.15, -0.1) is 13.2 Å². The van der Waals surface area contributed by atoms with Gasteiger partial charge in [-0.3, -0.25) is 9.59 Å². The molecule has 9 nitrogen and oxygen atoms in total. The number of anilines is 1. The van der Waals surface area contributed by atoms with Gasteiger partial charge in [-0.05, 0) is 29.3 Å². The number of benzene rings is 2. The number of alkyl halides is 3. The number of carbonyl (C=O) groups excluding carboxylic acids is 1. The minimum Gasteiger partial charge on any atom is -0.505 e. The molecule has 1 aromatic heterocycles. The molecule has 0 aliphatic heterocycles. The third kappa shape index (κ3) is 6.53. The summed E-state index contributed by atoms with van der Waals surface area (Å²) in [7, 11) is 1.41. The number of nitrogens with one attached hydrogen (secondary N) is 2. The Morgan fingerprint density at radius 2 is 1.83 bits per heavy atom. The Labute approximate surface area is 196 Å². The molecule has 1 atom stereocenters. The van der Waals surface area contributed by atoms with Gasteiger partial charge in [0.15, 0.2) is 5.69 Å². The molecule has 3 rings (SSSR count). The zero-order valence-corrected chi connectivity index (χ0v) is 18.2. The number of amides is 2. The second-order valence-corrected chi connectivity index (χ2v) is 7.41. The van der Waals surface area contributed by atoms with Gasteiger partial charge >= 0.3 is 18.4 Å². The highest BCUT2D eigenvalue weighted by Crippen LogP contribution is 2.35. The van der Waals surface area contributed by atoms with Crippen molar-refractivity contribution in [2.24, 2.45) is 7.05 Å². The quantitative estimate of drug-likeness (QED) is 0.396. The number of aromatic nitrogens is 1. The lowest BCUT2D eigenvalue weighted by molar-refractivity contribution is -0.274. The average molecular weight is 491 g/mol. The van der Waals surface area contributed by atoms with Crippen molar-refractivity contribution in [1.29, 1.82) is 0 Å². The van der Waals surface area contributed by atoms with Crippen LogP contribution in [0, 0.1) is 0 Å². The number of para-hydroxylation sites is 1. The molecule has 12 heteroatoms. The molecule has 2 amide bonds. The number of aromatic hydroxyl groups is 1. The van der Waals surface area contributed by atoms with Crippen LogP contribution in [-0.2, 0) is 11.8 Å². The van der Waals surface area contributed by atoms with E-state index in [2.05, 4.69) is 15.4 Å². The summed E-state index contributed by atoms with van der Waals surface area (Å²) in [4.78, 5) is 36.1. The first-order valence-corrected chi connectivity index (χ1v) is 10.1. The molecule has 0 aliphatic carbocycles. The van der Waals surface area contributed by atoms with Gasteiger partial charge in [0.1, 0.15) is 11.5 Å². The number of hydrogen-bond acceptors (Lipinski definition) is 5. The van der Waals surface area contributed by atoms with Gasteiger partial charge in [-0.25, -0.2) is 4.79 Å². The molecule has 0 spiro atoms. The zero-order chi connectivity index (χ0) is 25.8. The van der Waals surface area contributed by atoms with Crippen LogP contribution in [0.25, 0.3) is 11.1 Å². The van der Waals surface area contributed by atoms with E-state index in [1.807, 2.05) is 0 Å². The van der Waals surface area contributed by atoms with Crippen molar-refractivity contribution < 1.29 is 37.7 Å². The van der Waals surface area contributed by atoms with E-state index in [4.69, 9.17) is 0 Å². The van der Waals surface area contributed by atoms with Crippen LogP contribution in [0.3, 0.4) is 0 Å². The zero-order valence-electron chi connectivity index (χ0n) is 18.2. The molecule has 4 N–H and O–H groups in total. The van der Waals surface area contributed by atoms with Crippen LogP contribution in [0.2, 0.25) is 0 Å². The first-order valence-electron chi connectivity index (χ1n) is 10.1. The minimum absolute atomic E-state index is 0.0999. The van der Waals surface area contributed by atoms with Crippen molar-refractivity contribution in [2.75, 3.05) is 5.32 Å². The summed E-state index contributed by atoms with van der Waals surface area (Å²) in [5.41, 5.74) is -0.448. The molecular weight excluding hydrogens is 471 g/mol. The Morgan fingerprint density at radius 1 is 1.11 bits per heavy atom. The van der Waals surface area contributed by atoms with E-state index in [9.17, 15) is 37.8 Å². The third-order valence-corrected chi connectivity index (χ3v) is 4.88. The number of ether oxygens (including phenoxy) is 1. The lowest BCUT2D eigenvalue weighted by atomic mass is 9.97. The summed E-state index contributed by atoms with van der Waals surface area (Å²) >= 11 is 0. The molecule has 0 saturated heterocycles. The smallest absolute Gasteiger partial charge is 0.505 e. The van der Waals surface area contributed by atoms with Crippen molar-refractivity contribution >= 4 is 17.7 Å². The summed E-state index contributed by atoms with van der Waals surface area (Å²) < 4.78 is 43.6. The van der Waals surface area contributed by atoms with E-state index in [1.165, 1.54) is 61.8 Å². The monoisotopic (exact) mass is 491 g/mol. The second kappa shape index (κ2) is 10.2. The van der Waals surface area contributed by atoms with Crippen LogP contribution in [0.1, 0.15) is 18.0 Å². The molecule has 0 bridgehead atoms. The van der Waals surface area contributed by atoms with Crippen LogP contribution in [0.4, 0.5) is 23.7 Å². The molecule has 1 heterocycles. The second-order valence-electron chi connectivity index (χ2n) is 7.41. The van der Waals surface area contributed by atoms with Gasteiger partial charge in [0, 0.05) is 18.8 Å². The van der Waals surface area contributed by atoms with Crippen LogP contribution < -0.4 is 20.9 Å². The number of nitrogens with zero attached hydrogens (tertiary/aromatic N) is 1. The van der Waals surface area contributed by atoms with E-state index in [-0.39, 0.29) is 16.7 Å². The highest BCUT2D eigenvalue weighted by atomic mass is 19.4. The van der Waals surface area contributed by atoms with Gasteiger partial charge in [-0.2, -0.15) is 0 Å². The Bertz CT molecular complexity index is 1310. The number of carbonyl (C=O) groups is 2. The molecule has 35 heavy (non-hydrogen) atoms. The van der Waals surface area contributed by atoms with E-state index < -0.39 is 53.6 Å². The van der Waals surface area contributed by atoms with Crippen LogP contribution in [0.15, 0.2) is 65.6 Å². The topological polar surface area (TPSA) is 130 Å². The number of aliphatic carboxylic acids is 1. The van der Waals surface area contributed by atoms with Crippen molar-refractivity contribution in [2.45, 2.75) is 18.8 Å². The normalized spacial score (nSPS) is 12.0. The summed E-state index contributed by atoms with van der Waals surface area (Å²) in [6, 6.07) is 10.4. The van der Waals surface area contributed by atoms with Gasteiger partial charge in [0.25, 0.3) is 5.56 Å². The van der Waals surface area contributed by atoms with Gasteiger partial charge < -0.3 is 30.2 Å². The number of carboxylic acid groups (broad SMARTS) is 1. The summed E-state index contributed by atoms with van der Waals surface area (Å²) in [6.45, 7) is 0. The molecule has 0 aliphatic rings. The number of urea groups is 1. The maximum Gasteiger partial charge on any atom is 0.573 e. The fourth-order valence-electron chi connectivity index (χ4n) is 3.31. The third-order valence-electron chi connectivity index (χ3n) is 4.88. The standard InChI is InChI=1S/C23H20F3N3O6/c1-29-10-9-17(30)20(21(29)33)28-22(34)27-16(12-19(31)32)14-6-4-5-13(11-14)15-7-2-3-8-18(15)35-23(24,25)26/h2-11,16,30H,12H2,1H3,(H,31,32)(H2,27,28,34). The molecular formula is C23H20F3N3O6. The number of rotatable bonds is 7. The lowest BCUT2D eigenvalue weighted by Gasteiger charge is -2.20. The first-order chi connectivity index (χ1) is 16.4. The van der Waals surface area contributed by atoms with E-state index >= 15 is 0 Å². The van der Waals surface area contributed by atoms with Crippen LogP contribution in [0.5, 0.6) is 11.5 Å². The molecule has 184 valence electrons. The number of hydrogen-bond donors (Lipinski definition) is 4. The molecule has 3 aromatic rings. The minimum atomic E-state index is -4.92. The summed E-state index contributed by atoms with van der Waals surface area (Å²) in [5, 5.41) is 23.8. The highest BCUT2D eigenvalue weighted by molar-refractivity contribution is 5.91. The molecule has 1 unspecified atom stereocenters. The largest absolute Gasteiger partial charge is 0.573 e. The number of halogens is 3. The average Bonchev–Trinajstić information content (AvgIpc) is 2.78. The Hall–Kier alpha value is -4.48. The Kier molecular flexibility index (Phi) is 7.33. The molecule has 0 fully saturated rings. The summed E-state index contributed by atoms with van der Waals surface area (Å²) in [5.74, 6) is -2.20. The van der Waals surface area contributed by atoms with E-state index in [0.717, 1.165) is 10.6 Å². The van der Waals surface area contributed by atoms with Gasteiger partial charge in [0.05, 0.1) is 12.5 Å². The number of aryl methyl sites for hydroxylation is 1. The summed E-state index contributed by atoms with van der Waals surface area (Å²) in [6.07, 6.45) is -4.20. The highest BCUT2D eigenvalue weighted by Gasteiger charge is 2.32.